The molecule has 3 nitrogen and oxygen atoms in total. The standard InChI is InChI=1S/C12H24N2O/c1-3-12(2,10-13)11(15)14-8-6-4-5-7-9-14/h3-10,13H2,1-2H3. The number of hydrogen-bond donors (Lipinski definition) is 1. The van der Waals surface area contributed by atoms with Crippen molar-refractivity contribution in [2.45, 2.75) is 46.0 Å². The van der Waals surface area contributed by atoms with E-state index < -0.39 is 0 Å². The van der Waals surface area contributed by atoms with Gasteiger partial charge in [-0.25, -0.2) is 0 Å². The van der Waals surface area contributed by atoms with Gasteiger partial charge >= 0.3 is 0 Å². The van der Waals surface area contributed by atoms with E-state index in [1.54, 1.807) is 0 Å². The number of rotatable bonds is 3. The average molecular weight is 212 g/mol. The summed E-state index contributed by atoms with van der Waals surface area (Å²) >= 11 is 0. The van der Waals surface area contributed by atoms with Crippen LogP contribution in [0.2, 0.25) is 0 Å². The Morgan fingerprint density at radius 3 is 2.20 bits per heavy atom. The van der Waals surface area contributed by atoms with Crippen LogP contribution in [0.4, 0.5) is 0 Å². The lowest BCUT2D eigenvalue weighted by Crippen LogP contribution is -2.46. The van der Waals surface area contributed by atoms with Crippen LogP contribution in [0.5, 0.6) is 0 Å². The van der Waals surface area contributed by atoms with Crippen molar-refractivity contribution in [1.29, 1.82) is 0 Å². The second-order valence-electron chi connectivity index (χ2n) is 4.82. The fourth-order valence-corrected chi connectivity index (χ4v) is 2.04. The van der Waals surface area contributed by atoms with E-state index in [1.807, 2.05) is 18.7 Å². The number of nitrogens with two attached hydrogens (primary N) is 1. The first kappa shape index (κ1) is 12.5. The average Bonchev–Trinajstić information content (AvgIpc) is 2.55. The smallest absolute Gasteiger partial charge is 0.229 e. The van der Waals surface area contributed by atoms with E-state index in [1.165, 1.54) is 12.8 Å². The van der Waals surface area contributed by atoms with Gasteiger partial charge in [-0.1, -0.05) is 19.8 Å². The van der Waals surface area contributed by atoms with Crippen LogP contribution >= 0.6 is 0 Å². The molecule has 0 aromatic heterocycles. The van der Waals surface area contributed by atoms with Crippen molar-refractivity contribution >= 4 is 5.91 Å². The molecule has 0 aromatic rings. The number of nitrogens with zero attached hydrogens (tertiary/aromatic N) is 1. The Morgan fingerprint density at radius 1 is 1.27 bits per heavy atom. The summed E-state index contributed by atoms with van der Waals surface area (Å²) in [6.07, 6.45) is 5.65. The zero-order valence-electron chi connectivity index (χ0n) is 10.1. The first-order valence-electron chi connectivity index (χ1n) is 6.13. The van der Waals surface area contributed by atoms with Gasteiger partial charge in [-0.2, -0.15) is 0 Å². The van der Waals surface area contributed by atoms with E-state index in [-0.39, 0.29) is 11.3 Å². The summed E-state index contributed by atoms with van der Waals surface area (Å²) in [7, 11) is 0. The molecular weight excluding hydrogens is 188 g/mol. The van der Waals surface area contributed by atoms with Crippen molar-refractivity contribution in [3.63, 3.8) is 0 Å². The van der Waals surface area contributed by atoms with Crippen LogP contribution in [0, 0.1) is 5.41 Å². The normalized spacial score (nSPS) is 21.9. The van der Waals surface area contributed by atoms with Crippen LogP contribution in [0.25, 0.3) is 0 Å². The molecule has 1 unspecified atom stereocenters. The third-order valence-electron chi connectivity index (χ3n) is 3.64. The second kappa shape index (κ2) is 5.50. The van der Waals surface area contributed by atoms with E-state index in [9.17, 15) is 4.79 Å². The molecule has 0 aliphatic carbocycles. The number of hydrogen-bond acceptors (Lipinski definition) is 2. The van der Waals surface area contributed by atoms with E-state index in [0.717, 1.165) is 32.4 Å². The third-order valence-corrected chi connectivity index (χ3v) is 3.64. The quantitative estimate of drug-likeness (QED) is 0.775. The molecule has 88 valence electrons. The molecule has 1 fully saturated rings. The lowest BCUT2D eigenvalue weighted by atomic mass is 9.86. The van der Waals surface area contributed by atoms with Gasteiger partial charge in [0.2, 0.25) is 5.91 Å². The SMILES string of the molecule is CCC(C)(CN)C(=O)N1CCCCCC1. The summed E-state index contributed by atoms with van der Waals surface area (Å²) in [6, 6.07) is 0. The second-order valence-corrected chi connectivity index (χ2v) is 4.82. The first-order valence-corrected chi connectivity index (χ1v) is 6.13. The van der Waals surface area contributed by atoms with Crippen molar-refractivity contribution in [1.82, 2.24) is 4.90 Å². The molecule has 15 heavy (non-hydrogen) atoms. The Morgan fingerprint density at radius 2 is 1.80 bits per heavy atom. The number of carbonyl (C=O) groups is 1. The summed E-state index contributed by atoms with van der Waals surface area (Å²) < 4.78 is 0. The minimum atomic E-state index is -0.343. The maximum atomic E-state index is 12.3. The molecule has 0 radical (unpaired) electrons. The van der Waals surface area contributed by atoms with Crippen molar-refractivity contribution < 1.29 is 4.79 Å². The first-order chi connectivity index (χ1) is 7.14. The Kier molecular flexibility index (Phi) is 4.58. The van der Waals surface area contributed by atoms with Crippen molar-refractivity contribution in [2.75, 3.05) is 19.6 Å². The minimum absolute atomic E-state index is 0.259. The topological polar surface area (TPSA) is 46.3 Å². The molecule has 0 bridgehead atoms. The molecule has 1 aliphatic rings. The molecule has 2 N–H and O–H groups in total. The number of amides is 1. The van der Waals surface area contributed by atoms with Gasteiger partial charge in [0.25, 0.3) is 0 Å². The van der Waals surface area contributed by atoms with E-state index in [4.69, 9.17) is 5.73 Å². The molecule has 0 saturated carbocycles. The molecular formula is C12H24N2O. The van der Waals surface area contributed by atoms with Crippen LogP contribution in [-0.2, 0) is 4.79 Å². The molecule has 1 saturated heterocycles. The minimum Gasteiger partial charge on any atom is -0.342 e. The fraction of sp³-hybridized carbons (Fsp3) is 0.917. The maximum absolute atomic E-state index is 12.3. The summed E-state index contributed by atoms with van der Waals surface area (Å²) in [5.41, 5.74) is 5.37. The zero-order chi connectivity index (χ0) is 11.3. The van der Waals surface area contributed by atoms with Gasteiger partial charge in [-0.15, -0.1) is 0 Å². The lowest BCUT2D eigenvalue weighted by Gasteiger charge is -2.32. The summed E-state index contributed by atoms with van der Waals surface area (Å²) in [5.74, 6) is 0.259. The van der Waals surface area contributed by atoms with Crippen LogP contribution in [-0.4, -0.2) is 30.4 Å². The predicted molar refractivity (Wildman–Crippen MR) is 62.5 cm³/mol. The van der Waals surface area contributed by atoms with Crippen LogP contribution < -0.4 is 5.73 Å². The number of likely N-dealkylation sites (tertiary alicyclic amines) is 1. The van der Waals surface area contributed by atoms with E-state index >= 15 is 0 Å². The molecule has 1 heterocycles. The molecule has 1 atom stereocenters. The summed E-state index contributed by atoms with van der Waals surface area (Å²) in [4.78, 5) is 14.3. The van der Waals surface area contributed by atoms with E-state index in [2.05, 4.69) is 0 Å². The molecule has 1 rings (SSSR count). The predicted octanol–water partition coefficient (Wildman–Crippen LogP) is 1.76. The van der Waals surface area contributed by atoms with Crippen LogP contribution in [0.15, 0.2) is 0 Å². The third kappa shape index (κ3) is 2.94. The fourth-order valence-electron chi connectivity index (χ4n) is 2.04. The molecule has 0 aromatic carbocycles. The van der Waals surface area contributed by atoms with Crippen molar-refractivity contribution in [3.05, 3.63) is 0 Å². The van der Waals surface area contributed by atoms with Gasteiger partial charge in [-0.05, 0) is 26.2 Å². The highest BCUT2D eigenvalue weighted by molar-refractivity contribution is 5.82. The van der Waals surface area contributed by atoms with Gasteiger partial charge in [0.05, 0.1) is 5.41 Å². The van der Waals surface area contributed by atoms with Crippen LogP contribution in [0.3, 0.4) is 0 Å². The highest BCUT2D eigenvalue weighted by Crippen LogP contribution is 2.24. The van der Waals surface area contributed by atoms with Gasteiger partial charge in [0, 0.05) is 19.6 Å². The Bertz CT molecular complexity index is 204. The van der Waals surface area contributed by atoms with Gasteiger partial charge < -0.3 is 10.6 Å². The van der Waals surface area contributed by atoms with Gasteiger partial charge in [-0.3, -0.25) is 4.79 Å². The molecule has 0 spiro atoms. The van der Waals surface area contributed by atoms with Crippen molar-refractivity contribution in [3.8, 4) is 0 Å². The Labute approximate surface area is 93.0 Å². The number of carbonyl (C=O) groups excluding carboxylic acids is 1. The highest BCUT2D eigenvalue weighted by atomic mass is 16.2. The molecule has 1 aliphatic heterocycles. The van der Waals surface area contributed by atoms with E-state index in [0.29, 0.717) is 6.54 Å². The Balaban J connectivity index is 2.64. The van der Waals surface area contributed by atoms with Crippen LogP contribution in [0.1, 0.15) is 46.0 Å². The molecule has 3 heteroatoms. The summed E-state index contributed by atoms with van der Waals surface area (Å²) in [6.45, 7) is 6.34. The van der Waals surface area contributed by atoms with Crippen molar-refractivity contribution in [2.24, 2.45) is 11.1 Å². The highest BCUT2D eigenvalue weighted by Gasteiger charge is 2.33. The maximum Gasteiger partial charge on any atom is 0.229 e. The monoisotopic (exact) mass is 212 g/mol. The largest absolute Gasteiger partial charge is 0.342 e. The zero-order valence-corrected chi connectivity index (χ0v) is 10.1. The summed E-state index contributed by atoms with van der Waals surface area (Å²) in [5, 5.41) is 0. The molecule has 1 amide bonds. The van der Waals surface area contributed by atoms with Gasteiger partial charge in [0.15, 0.2) is 0 Å². The Hall–Kier alpha value is -0.570. The lowest BCUT2D eigenvalue weighted by molar-refractivity contribution is -0.140. The van der Waals surface area contributed by atoms with Gasteiger partial charge in [0.1, 0.15) is 0 Å².